The van der Waals surface area contributed by atoms with Gasteiger partial charge in [0.1, 0.15) is 11.5 Å². The third-order valence-electron chi connectivity index (χ3n) is 2.32. The third kappa shape index (κ3) is 4.30. The number of benzene rings is 2. The molecule has 4 nitrogen and oxygen atoms in total. The minimum Gasteiger partial charge on any atom is -0.508 e. The summed E-state index contributed by atoms with van der Waals surface area (Å²) in [5.41, 5.74) is 0.702. The van der Waals surface area contributed by atoms with Gasteiger partial charge in [-0.05, 0) is 42.5 Å². The minimum absolute atomic E-state index is 0.0860. The molecule has 5 heteroatoms. The highest BCUT2D eigenvalue weighted by molar-refractivity contribution is 9.10. The molecule has 2 aromatic rings. The van der Waals surface area contributed by atoms with Crippen LogP contribution in [-0.2, 0) is 4.79 Å². The Kier molecular flexibility index (Phi) is 4.41. The molecule has 0 aliphatic heterocycles. The first-order valence-electron chi connectivity index (χ1n) is 5.61. The maximum atomic E-state index is 11.7. The van der Waals surface area contributed by atoms with Gasteiger partial charge in [-0.1, -0.05) is 22.0 Å². The second kappa shape index (κ2) is 6.24. The van der Waals surface area contributed by atoms with Crippen LogP contribution in [0.2, 0.25) is 0 Å². The quantitative estimate of drug-likeness (QED) is 0.909. The van der Waals surface area contributed by atoms with E-state index in [2.05, 4.69) is 21.2 Å². The molecule has 0 unspecified atom stereocenters. The SMILES string of the molecule is O=C(COc1ccc(O)cc1)Nc1cccc(Br)c1. The van der Waals surface area contributed by atoms with Crippen LogP contribution < -0.4 is 10.1 Å². The van der Waals surface area contributed by atoms with Crippen LogP contribution in [0, 0.1) is 0 Å². The predicted molar refractivity (Wildman–Crippen MR) is 76.4 cm³/mol. The lowest BCUT2D eigenvalue weighted by Gasteiger charge is -2.07. The summed E-state index contributed by atoms with van der Waals surface area (Å²) in [5, 5.41) is 11.8. The number of ether oxygens (including phenoxy) is 1. The van der Waals surface area contributed by atoms with Crippen molar-refractivity contribution in [1.29, 1.82) is 0 Å². The van der Waals surface area contributed by atoms with Gasteiger partial charge in [0.2, 0.25) is 0 Å². The Morgan fingerprint density at radius 3 is 2.63 bits per heavy atom. The smallest absolute Gasteiger partial charge is 0.262 e. The fourth-order valence-corrected chi connectivity index (χ4v) is 1.85. The number of nitrogens with one attached hydrogen (secondary N) is 1. The Bertz CT molecular complexity index is 569. The highest BCUT2D eigenvalue weighted by Gasteiger charge is 2.04. The van der Waals surface area contributed by atoms with E-state index in [1.807, 2.05) is 12.1 Å². The summed E-state index contributed by atoms with van der Waals surface area (Å²) in [6.07, 6.45) is 0. The fraction of sp³-hybridized carbons (Fsp3) is 0.0714. The first kappa shape index (κ1) is 13.4. The van der Waals surface area contributed by atoms with Gasteiger partial charge in [-0.15, -0.1) is 0 Å². The first-order chi connectivity index (χ1) is 9.13. The highest BCUT2D eigenvalue weighted by atomic mass is 79.9. The van der Waals surface area contributed by atoms with E-state index in [1.165, 1.54) is 12.1 Å². The topological polar surface area (TPSA) is 58.6 Å². The Morgan fingerprint density at radius 2 is 1.95 bits per heavy atom. The summed E-state index contributed by atoms with van der Waals surface area (Å²) in [7, 11) is 0. The normalized spacial score (nSPS) is 9.95. The van der Waals surface area contributed by atoms with Gasteiger partial charge in [0.25, 0.3) is 5.91 Å². The average molecular weight is 322 g/mol. The Hall–Kier alpha value is -2.01. The van der Waals surface area contributed by atoms with E-state index in [-0.39, 0.29) is 18.3 Å². The lowest BCUT2D eigenvalue weighted by molar-refractivity contribution is -0.118. The number of halogens is 1. The summed E-state index contributed by atoms with van der Waals surface area (Å²) < 4.78 is 6.18. The van der Waals surface area contributed by atoms with Gasteiger partial charge < -0.3 is 15.2 Å². The summed E-state index contributed by atoms with van der Waals surface area (Å²) in [6.45, 7) is -0.0860. The van der Waals surface area contributed by atoms with Crippen LogP contribution in [0.25, 0.3) is 0 Å². The highest BCUT2D eigenvalue weighted by Crippen LogP contribution is 2.17. The van der Waals surface area contributed by atoms with Crippen molar-refractivity contribution in [3.05, 3.63) is 53.0 Å². The largest absolute Gasteiger partial charge is 0.508 e. The van der Waals surface area contributed by atoms with E-state index in [0.717, 1.165) is 4.47 Å². The average Bonchev–Trinajstić information content (AvgIpc) is 2.38. The Labute approximate surface area is 119 Å². The second-order valence-electron chi connectivity index (χ2n) is 3.84. The molecule has 1 amide bonds. The van der Waals surface area contributed by atoms with Gasteiger partial charge in [0.05, 0.1) is 0 Å². The molecule has 0 aliphatic carbocycles. The van der Waals surface area contributed by atoms with Crippen molar-refractivity contribution < 1.29 is 14.6 Å². The number of anilines is 1. The fourth-order valence-electron chi connectivity index (χ4n) is 1.45. The van der Waals surface area contributed by atoms with Crippen molar-refractivity contribution in [3.8, 4) is 11.5 Å². The van der Waals surface area contributed by atoms with E-state index < -0.39 is 0 Å². The van der Waals surface area contributed by atoms with Crippen LogP contribution >= 0.6 is 15.9 Å². The van der Waals surface area contributed by atoms with E-state index in [1.54, 1.807) is 24.3 Å². The molecule has 19 heavy (non-hydrogen) atoms. The summed E-state index contributed by atoms with van der Waals surface area (Å²) in [4.78, 5) is 11.7. The number of rotatable bonds is 4. The molecule has 2 aromatic carbocycles. The third-order valence-corrected chi connectivity index (χ3v) is 2.81. The minimum atomic E-state index is -0.244. The van der Waals surface area contributed by atoms with Crippen molar-refractivity contribution in [2.45, 2.75) is 0 Å². The van der Waals surface area contributed by atoms with Gasteiger partial charge in [0, 0.05) is 10.2 Å². The van der Waals surface area contributed by atoms with Gasteiger partial charge in [0.15, 0.2) is 6.61 Å². The van der Waals surface area contributed by atoms with Gasteiger partial charge >= 0.3 is 0 Å². The van der Waals surface area contributed by atoms with Crippen LogP contribution in [0.5, 0.6) is 11.5 Å². The van der Waals surface area contributed by atoms with Crippen LogP contribution in [0.4, 0.5) is 5.69 Å². The van der Waals surface area contributed by atoms with Gasteiger partial charge in [-0.25, -0.2) is 0 Å². The number of hydrogen-bond acceptors (Lipinski definition) is 3. The molecular weight excluding hydrogens is 310 g/mol. The van der Waals surface area contributed by atoms with E-state index in [0.29, 0.717) is 11.4 Å². The molecular formula is C14H12BrNO3. The van der Waals surface area contributed by atoms with Crippen molar-refractivity contribution in [1.82, 2.24) is 0 Å². The Morgan fingerprint density at radius 1 is 1.21 bits per heavy atom. The summed E-state index contributed by atoms with van der Waals surface area (Å²) >= 11 is 3.33. The van der Waals surface area contributed by atoms with Gasteiger partial charge in [-0.2, -0.15) is 0 Å². The molecule has 0 heterocycles. The van der Waals surface area contributed by atoms with E-state index in [9.17, 15) is 4.79 Å². The Balaban J connectivity index is 1.86. The number of aromatic hydroxyl groups is 1. The maximum Gasteiger partial charge on any atom is 0.262 e. The molecule has 0 saturated heterocycles. The van der Waals surface area contributed by atoms with Gasteiger partial charge in [-0.3, -0.25) is 4.79 Å². The number of hydrogen-bond donors (Lipinski definition) is 2. The maximum absolute atomic E-state index is 11.7. The molecule has 0 radical (unpaired) electrons. The second-order valence-corrected chi connectivity index (χ2v) is 4.76. The molecule has 98 valence electrons. The molecule has 0 aromatic heterocycles. The number of carbonyl (C=O) groups excluding carboxylic acids is 1. The van der Waals surface area contributed by atoms with E-state index in [4.69, 9.17) is 9.84 Å². The summed E-state index contributed by atoms with van der Waals surface area (Å²) in [5.74, 6) is 0.444. The standard InChI is InChI=1S/C14H12BrNO3/c15-10-2-1-3-11(8-10)16-14(18)9-19-13-6-4-12(17)5-7-13/h1-8,17H,9H2,(H,16,18). The van der Waals surface area contributed by atoms with Crippen molar-refractivity contribution >= 4 is 27.5 Å². The molecule has 0 aliphatic rings. The zero-order valence-corrected chi connectivity index (χ0v) is 11.6. The number of amides is 1. The zero-order chi connectivity index (χ0) is 13.7. The summed E-state index contributed by atoms with van der Waals surface area (Å²) in [6, 6.07) is 13.5. The van der Waals surface area contributed by atoms with Crippen LogP contribution in [-0.4, -0.2) is 17.6 Å². The lowest BCUT2D eigenvalue weighted by Crippen LogP contribution is -2.20. The lowest BCUT2D eigenvalue weighted by atomic mass is 10.3. The van der Waals surface area contributed by atoms with Crippen molar-refractivity contribution in [2.24, 2.45) is 0 Å². The first-order valence-corrected chi connectivity index (χ1v) is 6.40. The zero-order valence-electron chi connectivity index (χ0n) is 9.97. The molecule has 0 fully saturated rings. The van der Waals surface area contributed by atoms with E-state index >= 15 is 0 Å². The van der Waals surface area contributed by atoms with Crippen LogP contribution in [0.3, 0.4) is 0 Å². The van der Waals surface area contributed by atoms with Crippen LogP contribution in [0.1, 0.15) is 0 Å². The molecule has 0 atom stereocenters. The van der Waals surface area contributed by atoms with Crippen molar-refractivity contribution in [2.75, 3.05) is 11.9 Å². The number of phenolic OH excluding ortho intramolecular Hbond substituents is 1. The molecule has 2 N–H and O–H groups in total. The number of carbonyl (C=O) groups is 1. The monoisotopic (exact) mass is 321 g/mol. The molecule has 2 rings (SSSR count). The number of phenols is 1. The molecule has 0 bridgehead atoms. The molecule has 0 spiro atoms. The van der Waals surface area contributed by atoms with Crippen LogP contribution in [0.15, 0.2) is 53.0 Å². The molecule has 0 saturated carbocycles. The van der Waals surface area contributed by atoms with Crippen molar-refractivity contribution in [3.63, 3.8) is 0 Å². The predicted octanol–water partition coefficient (Wildman–Crippen LogP) is 3.17.